The van der Waals surface area contributed by atoms with Crippen molar-refractivity contribution in [2.45, 2.75) is 13.0 Å². The lowest BCUT2D eigenvalue weighted by Gasteiger charge is -2.25. The Hall–Kier alpha value is -2.17. The molecule has 1 aliphatic rings. The van der Waals surface area contributed by atoms with Crippen molar-refractivity contribution in [3.8, 4) is 0 Å². The Kier molecular flexibility index (Phi) is 4.09. The van der Waals surface area contributed by atoms with E-state index in [1.165, 1.54) is 21.4 Å². The number of hydrogen-bond acceptors (Lipinski definition) is 3. The summed E-state index contributed by atoms with van der Waals surface area (Å²) in [5, 5.41) is 3.35. The summed E-state index contributed by atoms with van der Waals surface area (Å²) < 4.78 is 0. The van der Waals surface area contributed by atoms with E-state index in [9.17, 15) is 0 Å². The minimum absolute atomic E-state index is 0.976. The first-order valence-electron chi connectivity index (χ1n) is 7.92. The third kappa shape index (κ3) is 3.28. The molecule has 3 aromatic rings. The number of nitrogens with one attached hydrogen (secondary N) is 1. The number of aromatic amines is 1. The molecule has 4 heterocycles. The number of thiophene rings is 1. The van der Waals surface area contributed by atoms with Crippen LogP contribution in [0.2, 0.25) is 0 Å². The Morgan fingerprint density at radius 3 is 3.09 bits per heavy atom. The van der Waals surface area contributed by atoms with Gasteiger partial charge in [-0.3, -0.25) is 4.90 Å². The van der Waals surface area contributed by atoms with E-state index in [1.807, 2.05) is 12.3 Å². The number of aromatic nitrogens is 2. The molecule has 0 aliphatic carbocycles. The van der Waals surface area contributed by atoms with Crippen LogP contribution in [0.3, 0.4) is 0 Å². The van der Waals surface area contributed by atoms with E-state index in [2.05, 4.69) is 62.9 Å². The highest BCUT2D eigenvalue weighted by Gasteiger charge is 2.13. The van der Waals surface area contributed by atoms with Crippen LogP contribution in [0.25, 0.3) is 17.1 Å². The van der Waals surface area contributed by atoms with E-state index >= 15 is 0 Å². The molecule has 0 amide bonds. The molecule has 0 atom stereocenters. The van der Waals surface area contributed by atoms with Crippen LogP contribution >= 0.6 is 11.3 Å². The molecule has 1 aliphatic heterocycles. The van der Waals surface area contributed by atoms with Gasteiger partial charge in [0.2, 0.25) is 0 Å². The SMILES string of the molecule is C(=Cc1cccs1)C1=CCN(Cc2c[nH]c3ncccc23)CC1. The highest BCUT2D eigenvalue weighted by atomic mass is 32.1. The number of hydrogen-bond donors (Lipinski definition) is 1. The zero-order valence-electron chi connectivity index (χ0n) is 12.9. The Bertz CT molecular complexity index is 843. The Morgan fingerprint density at radius 2 is 2.26 bits per heavy atom. The molecular weight excluding hydrogens is 302 g/mol. The van der Waals surface area contributed by atoms with Crippen molar-refractivity contribution < 1.29 is 0 Å². The van der Waals surface area contributed by atoms with Gasteiger partial charge in [0, 0.05) is 42.3 Å². The summed E-state index contributed by atoms with van der Waals surface area (Å²) in [5.74, 6) is 0. The number of nitrogens with zero attached hydrogens (tertiary/aromatic N) is 2. The fraction of sp³-hybridized carbons (Fsp3) is 0.211. The van der Waals surface area contributed by atoms with Gasteiger partial charge in [-0.25, -0.2) is 4.98 Å². The Balaban J connectivity index is 1.41. The van der Waals surface area contributed by atoms with Gasteiger partial charge in [-0.05, 0) is 47.2 Å². The largest absolute Gasteiger partial charge is 0.346 e. The number of H-pyrrole nitrogens is 1. The van der Waals surface area contributed by atoms with Crippen LogP contribution < -0.4 is 0 Å². The summed E-state index contributed by atoms with van der Waals surface area (Å²) in [6.07, 6.45) is 11.9. The van der Waals surface area contributed by atoms with Crippen molar-refractivity contribution in [1.82, 2.24) is 14.9 Å². The molecule has 0 bridgehead atoms. The quantitative estimate of drug-likeness (QED) is 0.769. The standard InChI is InChI=1S/C19H19N3S/c1-4-18-16(13-21-19(18)20-9-1)14-22-10-7-15(8-11-22)5-6-17-3-2-12-23-17/h1-7,9,12-13H,8,10-11,14H2,(H,20,21). The third-order valence-corrected chi connectivity index (χ3v) is 5.10. The lowest BCUT2D eigenvalue weighted by atomic mass is 10.1. The lowest BCUT2D eigenvalue weighted by molar-refractivity contribution is 0.288. The molecule has 0 spiro atoms. The molecule has 1 N–H and O–H groups in total. The first kappa shape index (κ1) is 14.4. The molecule has 4 rings (SSSR count). The summed E-state index contributed by atoms with van der Waals surface area (Å²) in [6, 6.07) is 8.39. The monoisotopic (exact) mass is 321 g/mol. The van der Waals surface area contributed by atoms with Gasteiger partial charge in [-0.1, -0.05) is 18.2 Å². The zero-order chi connectivity index (χ0) is 15.5. The maximum atomic E-state index is 4.36. The van der Waals surface area contributed by atoms with Crippen LogP contribution in [0.5, 0.6) is 0 Å². The van der Waals surface area contributed by atoms with Gasteiger partial charge in [-0.2, -0.15) is 0 Å². The topological polar surface area (TPSA) is 31.9 Å². The van der Waals surface area contributed by atoms with E-state index in [1.54, 1.807) is 11.3 Å². The Labute approximate surface area is 140 Å². The van der Waals surface area contributed by atoms with E-state index in [0.29, 0.717) is 0 Å². The van der Waals surface area contributed by atoms with Crippen LogP contribution in [-0.2, 0) is 6.54 Å². The fourth-order valence-electron chi connectivity index (χ4n) is 2.98. The number of fused-ring (bicyclic) bond motifs is 1. The average molecular weight is 321 g/mol. The van der Waals surface area contributed by atoms with Crippen LogP contribution in [0, 0.1) is 0 Å². The molecule has 0 radical (unpaired) electrons. The first-order valence-corrected chi connectivity index (χ1v) is 8.80. The summed E-state index contributed by atoms with van der Waals surface area (Å²) >= 11 is 1.78. The molecule has 0 aromatic carbocycles. The summed E-state index contributed by atoms with van der Waals surface area (Å²) in [5.41, 5.74) is 3.75. The van der Waals surface area contributed by atoms with Crippen molar-refractivity contribution in [3.05, 3.63) is 70.2 Å². The number of rotatable bonds is 4. The first-order chi connectivity index (χ1) is 11.4. The summed E-state index contributed by atoms with van der Waals surface area (Å²) in [4.78, 5) is 11.4. The zero-order valence-corrected chi connectivity index (χ0v) is 13.7. The molecular formula is C19H19N3S. The van der Waals surface area contributed by atoms with Crippen LogP contribution in [0.15, 0.2) is 59.8 Å². The van der Waals surface area contributed by atoms with E-state index < -0.39 is 0 Å². The highest BCUT2D eigenvalue weighted by Crippen LogP contribution is 2.21. The number of allylic oxidation sites excluding steroid dienone is 1. The molecule has 0 saturated heterocycles. The summed E-state index contributed by atoms with van der Waals surface area (Å²) in [7, 11) is 0. The maximum Gasteiger partial charge on any atom is 0.137 e. The predicted octanol–water partition coefficient (Wildman–Crippen LogP) is 4.47. The van der Waals surface area contributed by atoms with Crippen LogP contribution in [0.1, 0.15) is 16.9 Å². The third-order valence-electron chi connectivity index (χ3n) is 4.26. The molecule has 3 nitrogen and oxygen atoms in total. The molecule has 0 unspecified atom stereocenters. The van der Waals surface area contributed by atoms with Gasteiger partial charge < -0.3 is 4.98 Å². The lowest BCUT2D eigenvalue weighted by Crippen LogP contribution is -2.27. The van der Waals surface area contributed by atoms with E-state index in [-0.39, 0.29) is 0 Å². The van der Waals surface area contributed by atoms with Gasteiger partial charge in [0.15, 0.2) is 0 Å². The fourth-order valence-corrected chi connectivity index (χ4v) is 3.60. The predicted molar refractivity (Wildman–Crippen MR) is 97.4 cm³/mol. The van der Waals surface area contributed by atoms with Crippen molar-refractivity contribution in [2.24, 2.45) is 0 Å². The van der Waals surface area contributed by atoms with Crippen molar-refractivity contribution >= 4 is 28.4 Å². The van der Waals surface area contributed by atoms with Crippen LogP contribution in [0.4, 0.5) is 0 Å². The van der Waals surface area contributed by atoms with Crippen molar-refractivity contribution in [2.75, 3.05) is 13.1 Å². The molecule has 4 heteroatoms. The molecule has 0 fully saturated rings. The normalized spacial score (nSPS) is 16.3. The smallest absolute Gasteiger partial charge is 0.137 e. The van der Waals surface area contributed by atoms with E-state index in [0.717, 1.165) is 31.7 Å². The van der Waals surface area contributed by atoms with Crippen molar-refractivity contribution in [3.63, 3.8) is 0 Å². The van der Waals surface area contributed by atoms with Crippen molar-refractivity contribution in [1.29, 1.82) is 0 Å². The average Bonchev–Trinajstić information content (AvgIpc) is 3.25. The van der Waals surface area contributed by atoms with Gasteiger partial charge in [-0.15, -0.1) is 11.3 Å². The molecule has 116 valence electrons. The van der Waals surface area contributed by atoms with Gasteiger partial charge in [0.25, 0.3) is 0 Å². The second-order valence-corrected chi connectivity index (χ2v) is 6.81. The minimum atomic E-state index is 0.976. The molecule has 23 heavy (non-hydrogen) atoms. The van der Waals surface area contributed by atoms with Gasteiger partial charge >= 0.3 is 0 Å². The number of pyridine rings is 1. The summed E-state index contributed by atoms with van der Waals surface area (Å²) in [6.45, 7) is 3.09. The second-order valence-electron chi connectivity index (χ2n) is 5.83. The highest BCUT2D eigenvalue weighted by molar-refractivity contribution is 7.10. The van der Waals surface area contributed by atoms with Gasteiger partial charge in [0.05, 0.1) is 0 Å². The van der Waals surface area contributed by atoms with Gasteiger partial charge in [0.1, 0.15) is 5.65 Å². The van der Waals surface area contributed by atoms with E-state index in [4.69, 9.17) is 0 Å². The Morgan fingerprint density at radius 1 is 1.26 bits per heavy atom. The second kappa shape index (κ2) is 6.52. The molecule has 0 saturated carbocycles. The maximum absolute atomic E-state index is 4.36. The minimum Gasteiger partial charge on any atom is -0.346 e. The van der Waals surface area contributed by atoms with Crippen LogP contribution in [-0.4, -0.2) is 28.0 Å². The molecule has 3 aromatic heterocycles.